The number of thiophene rings is 1. The molecule has 0 aliphatic heterocycles. The highest BCUT2D eigenvalue weighted by Gasteiger charge is 2.24. The van der Waals surface area contributed by atoms with Crippen molar-refractivity contribution >= 4 is 22.9 Å². The smallest absolute Gasteiger partial charge is 0.0553 e. The molecule has 0 radical (unpaired) electrons. The summed E-state index contributed by atoms with van der Waals surface area (Å²) in [6, 6.07) is 2.08. The molecular weight excluding hydrogens is 212 g/mol. The maximum absolute atomic E-state index is 6.22. The molecule has 14 heavy (non-hydrogen) atoms. The fraction of sp³-hybridized carbons (Fsp3) is 0.667. The van der Waals surface area contributed by atoms with Gasteiger partial charge in [0, 0.05) is 15.2 Å². The molecule has 0 spiro atoms. The van der Waals surface area contributed by atoms with Gasteiger partial charge in [-0.05, 0) is 19.4 Å². The van der Waals surface area contributed by atoms with Gasteiger partial charge in [-0.1, -0.05) is 45.2 Å². The van der Waals surface area contributed by atoms with E-state index in [1.54, 1.807) is 0 Å². The third-order valence-electron chi connectivity index (χ3n) is 2.58. The summed E-state index contributed by atoms with van der Waals surface area (Å²) >= 11 is 8.06. The van der Waals surface area contributed by atoms with Crippen LogP contribution in [0.1, 0.15) is 49.8 Å². The van der Waals surface area contributed by atoms with Gasteiger partial charge in [0.05, 0.1) is 5.02 Å². The van der Waals surface area contributed by atoms with Crippen LogP contribution in [-0.2, 0) is 5.41 Å². The molecule has 1 aromatic heterocycles. The number of unbranched alkanes of at least 4 members (excludes halogenated alkanes) is 1. The SMILES string of the molecule is CCCCC(C)(C)c1sc(C)cc1Cl. The normalized spacial score (nSPS) is 12.1. The lowest BCUT2D eigenvalue weighted by atomic mass is 9.86. The Balaban J connectivity index is 2.85. The molecule has 0 nitrogen and oxygen atoms in total. The molecule has 0 fully saturated rings. The summed E-state index contributed by atoms with van der Waals surface area (Å²) < 4.78 is 0. The minimum Gasteiger partial charge on any atom is -0.144 e. The zero-order valence-corrected chi connectivity index (χ0v) is 11.1. The van der Waals surface area contributed by atoms with Crippen molar-refractivity contribution in [2.24, 2.45) is 0 Å². The third kappa shape index (κ3) is 2.74. The van der Waals surface area contributed by atoms with E-state index in [1.807, 2.05) is 11.3 Å². The van der Waals surface area contributed by atoms with Crippen LogP contribution in [0.4, 0.5) is 0 Å². The Hall–Kier alpha value is -0.0100. The van der Waals surface area contributed by atoms with E-state index in [0.29, 0.717) is 0 Å². The Bertz CT molecular complexity index is 299. The lowest BCUT2D eigenvalue weighted by Crippen LogP contribution is -2.15. The molecule has 1 rings (SSSR count). The van der Waals surface area contributed by atoms with Crippen LogP contribution in [0.15, 0.2) is 6.07 Å². The quantitative estimate of drug-likeness (QED) is 0.669. The van der Waals surface area contributed by atoms with Crippen LogP contribution in [0.3, 0.4) is 0 Å². The standard InChI is InChI=1S/C12H19ClS/c1-5-6-7-12(3,4)11-10(13)8-9(2)14-11/h8H,5-7H2,1-4H3. The number of halogens is 1. The van der Waals surface area contributed by atoms with Crippen molar-refractivity contribution in [1.29, 1.82) is 0 Å². The van der Waals surface area contributed by atoms with Gasteiger partial charge in [0.25, 0.3) is 0 Å². The van der Waals surface area contributed by atoms with Crippen LogP contribution < -0.4 is 0 Å². The van der Waals surface area contributed by atoms with Crippen LogP contribution in [0.25, 0.3) is 0 Å². The molecule has 0 bridgehead atoms. The number of hydrogen-bond donors (Lipinski definition) is 0. The molecule has 1 aromatic rings. The van der Waals surface area contributed by atoms with Crippen molar-refractivity contribution in [2.45, 2.75) is 52.4 Å². The van der Waals surface area contributed by atoms with Gasteiger partial charge in [0.2, 0.25) is 0 Å². The van der Waals surface area contributed by atoms with Gasteiger partial charge in [0.1, 0.15) is 0 Å². The first kappa shape index (κ1) is 12.1. The fourth-order valence-corrected chi connectivity index (χ4v) is 3.31. The monoisotopic (exact) mass is 230 g/mol. The lowest BCUT2D eigenvalue weighted by Gasteiger charge is -2.23. The van der Waals surface area contributed by atoms with E-state index < -0.39 is 0 Å². The van der Waals surface area contributed by atoms with Crippen molar-refractivity contribution in [3.63, 3.8) is 0 Å². The van der Waals surface area contributed by atoms with Crippen molar-refractivity contribution in [3.8, 4) is 0 Å². The molecule has 0 unspecified atom stereocenters. The summed E-state index contributed by atoms with van der Waals surface area (Å²) in [4.78, 5) is 2.67. The average molecular weight is 231 g/mol. The highest BCUT2D eigenvalue weighted by molar-refractivity contribution is 7.12. The van der Waals surface area contributed by atoms with E-state index in [2.05, 4.69) is 33.8 Å². The Labute approximate surface area is 96.3 Å². The molecule has 0 N–H and O–H groups in total. The molecule has 80 valence electrons. The summed E-state index contributed by atoms with van der Waals surface area (Å²) in [5.41, 5.74) is 0.242. The van der Waals surface area contributed by atoms with E-state index >= 15 is 0 Å². The molecule has 2 heteroatoms. The summed E-state index contributed by atoms with van der Waals surface area (Å²) in [5, 5.41) is 0.952. The topological polar surface area (TPSA) is 0 Å². The van der Waals surface area contributed by atoms with Crippen LogP contribution in [0.5, 0.6) is 0 Å². The van der Waals surface area contributed by atoms with Crippen molar-refractivity contribution < 1.29 is 0 Å². The van der Waals surface area contributed by atoms with Gasteiger partial charge < -0.3 is 0 Å². The second kappa shape index (κ2) is 4.67. The van der Waals surface area contributed by atoms with E-state index in [4.69, 9.17) is 11.6 Å². The molecule has 0 saturated heterocycles. The highest BCUT2D eigenvalue weighted by atomic mass is 35.5. The van der Waals surface area contributed by atoms with Gasteiger partial charge in [-0.2, -0.15) is 0 Å². The minimum absolute atomic E-state index is 0.242. The molecule has 0 atom stereocenters. The van der Waals surface area contributed by atoms with Gasteiger partial charge in [0.15, 0.2) is 0 Å². The summed E-state index contributed by atoms with van der Waals surface area (Å²) in [6.07, 6.45) is 3.76. The van der Waals surface area contributed by atoms with Gasteiger partial charge in [-0.25, -0.2) is 0 Å². The second-order valence-electron chi connectivity index (χ2n) is 4.52. The van der Waals surface area contributed by atoms with E-state index in [-0.39, 0.29) is 5.41 Å². The summed E-state index contributed by atoms with van der Waals surface area (Å²) in [5.74, 6) is 0. The van der Waals surface area contributed by atoms with Crippen molar-refractivity contribution in [3.05, 3.63) is 20.8 Å². The average Bonchev–Trinajstić information content (AvgIpc) is 2.42. The molecule has 0 aliphatic rings. The molecular formula is C12H19ClS. The zero-order chi connectivity index (χ0) is 10.8. The first-order chi connectivity index (χ1) is 6.47. The number of hydrogen-bond acceptors (Lipinski definition) is 1. The van der Waals surface area contributed by atoms with E-state index in [9.17, 15) is 0 Å². The third-order valence-corrected chi connectivity index (χ3v) is 4.41. The van der Waals surface area contributed by atoms with Crippen molar-refractivity contribution in [1.82, 2.24) is 0 Å². The first-order valence-corrected chi connectivity index (χ1v) is 6.43. The number of rotatable bonds is 4. The lowest BCUT2D eigenvalue weighted by molar-refractivity contribution is 0.466. The van der Waals surface area contributed by atoms with Gasteiger partial charge in [-0.15, -0.1) is 11.3 Å². The molecule has 1 heterocycles. The van der Waals surface area contributed by atoms with Gasteiger partial charge >= 0.3 is 0 Å². The predicted molar refractivity (Wildman–Crippen MR) is 66.6 cm³/mol. The fourth-order valence-electron chi connectivity index (χ4n) is 1.68. The zero-order valence-electron chi connectivity index (χ0n) is 9.48. The molecule has 0 aliphatic carbocycles. The molecule has 0 amide bonds. The van der Waals surface area contributed by atoms with E-state index in [0.717, 1.165) is 5.02 Å². The Morgan fingerprint density at radius 2 is 2.07 bits per heavy atom. The van der Waals surface area contributed by atoms with E-state index in [1.165, 1.54) is 29.0 Å². The predicted octanol–water partition coefficient (Wildman–Crippen LogP) is 5.18. The highest BCUT2D eigenvalue weighted by Crippen LogP contribution is 2.39. The van der Waals surface area contributed by atoms with Crippen molar-refractivity contribution in [2.75, 3.05) is 0 Å². The summed E-state index contributed by atoms with van der Waals surface area (Å²) in [6.45, 7) is 8.94. The first-order valence-electron chi connectivity index (χ1n) is 5.24. The Kier molecular flexibility index (Phi) is 4.03. The van der Waals surface area contributed by atoms with Crippen LogP contribution in [0.2, 0.25) is 5.02 Å². The maximum Gasteiger partial charge on any atom is 0.0553 e. The summed E-state index contributed by atoms with van der Waals surface area (Å²) in [7, 11) is 0. The second-order valence-corrected chi connectivity index (χ2v) is 6.19. The maximum atomic E-state index is 6.22. The van der Waals surface area contributed by atoms with Crippen LogP contribution in [0, 0.1) is 6.92 Å². The molecule has 0 saturated carbocycles. The Morgan fingerprint density at radius 3 is 2.50 bits per heavy atom. The van der Waals surface area contributed by atoms with Crippen LogP contribution in [-0.4, -0.2) is 0 Å². The number of aryl methyl sites for hydroxylation is 1. The van der Waals surface area contributed by atoms with Gasteiger partial charge in [-0.3, -0.25) is 0 Å². The Morgan fingerprint density at radius 1 is 1.43 bits per heavy atom. The largest absolute Gasteiger partial charge is 0.144 e. The van der Waals surface area contributed by atoms with Crippen LogP contribution >= 0.6 is 22.9 Å². The minimum atomic E-state index is 0.242. The molecule has 0 aromatic carbocycles.